The van der Waals surface area contributed by atoms with Crippen molar-refractivity contribution >= 4 is 22.8 Å². The average molecular weight is 630 g/mol. The Morgan fingerprint density at radius 3 is 2.39 bits per heavy atom. The fraction of sp³-hybridized carbons (Fsp3) is 0.412. The van der Waals surface area contributed by atoms with Crippen LogP contribution in [0, 0.1) is 0 Å². The van der Waals surface area contributed by atoms with Gasteiger partial charge >= 0.3 is 0 Å². The minimum Gasteiger partial charge on any atom is -0.493 e. The van der Waals surface area contributed by atoms with Crippen LogP contribution in [0.2, 0.25) is 0 Å². The number of amides is 2. The van der Waals surface area contributed by atoms with Gasteiger partial charge in [0.05, 0.1) is 26.8 Å². The molecule has 0 saturated heterocycles. The molecule has 1 aliphatic carbocycles. The monoisotopic (exact) mass is 629 g/mol. The summed E-state index contributed by atoms with van der Waals surface area (Å²) in [6, 6.07) is 14.6. The molecular formula is C34H39N5O7. The van der Waals surface area contributed by atoms with Crippen molar-refractivity contribution in [3.8, 4) is 28.7 Å². The first-order chi connectivity index (χ1) is 22.4. The van der Waals surface area contributed by atoms with Crippen molar-refractivity contribution in [2.45, 2.75) is 63.7 Å². The maximum absolute atomic E-state index is 14.8. The Hall–Kier alpha value is -5.00. The largest absolute Gasteiger partial charge is 0.493 e. The predicted octanol–water partition coefficient (Wildman–Crippen LogP) is 4.97. The number of methoxy groups -OCH3 is 3. The van der Waals surface area contributed by atoms with Crippen LogP contribution in [0.1, 0.15) is 62.2 Å². The molecule has 1 fully saturated rings. The van der Waals surface area contributed by atoms with Crippen molar-refractivity contribution in [1.82, 2.24) is 25.2 Å². The third-order valence-corrected chi connectivity index (χ3v) is 8.69. The molecule has 2 amide bonds. The van der Waals surface area contributed by atoms with Gasteiger partial charge in [0.25, 0.3) is 0 Å². The molecule has 2 aliphatic rings. The molecule has 1 aliphatic heterocycles. The van der Waals surface area contributed by atoms with E-state index in [1.165, 1.54) is 21.3 Å². The number of fused-ring (bicyclic) bond motifs is 2. The molecule has 2 atom stereocenters. The summed E-state index contributed by atoms with van der Waals surface area (Å²) >= 11 is 0. The van der Waals surface area contributed by atoms with Crippen LogP contribution in [-0.2, 0) is 16.1 Å². The summed E-state index contributed by atoms with van der Waals surface area (Å²) in [4.78, 5) is 30.9. The summed E-state index contributed by atoms with van der Waals surface area (Å²) in [6.07, 6.45) is 4.98. The minimum absolute atomic E-state index is 0.00460. The van der Waals surface area contributed by atoms with Crippen LogP contribution in [-0.4, -0.2) is 65.9 Å². The average Bonchev–Trinajstić information content (AvgIpc) is 3.74. The van der Waals surface area contributed by atoms with E-state index in [2.05, 4.69) is 15.6 Å². The molecule has 0 unspecified atom stereocenters. The second-order valence-electron chi connectivity index (χ2n) is 11.6. The summed E-state index contributed by atoms with van der Waals surface area (Å²) < 4.78 is 29.7. The number of ether oxygens (including phenoxy) is 5. The molecule has 1 saturated carbocycles. The van der Waals surface area contributed by atoms with Crippen LogP contribution in [0.5, 0.6) is 28.7 Å². The van der Waals surface area contributed by atoms with E-state index in [4.69, 9.17) is 23.7 Å². The lowest BCUT2D eigenvalue weighted by Crippen LogP contribution is -2.48. The standard InChI is InChI=1S/C34H39N5O7/c1-21(39-26-13-9-8-12-25(26)36-37-39)34(41)38(19-22-14-15-27-28(16-22)46-20-45-27)31(33(40)35-24-10-6-5-7-11-24)23-17-29(42-2)32(44-4)30(18-23)43-3/h8-9,12-18,21,24,31H,5-7,10-11,19-20H2,1-4H3,(H,35,40)/t21-,31-/m1/s1. The smallest absolute Gasteiger partial charge is 0.248 e. The number of hydrogen-bond donors (Lipinski definition) is 1. The summed E-state index contributed by atoms with van der Waals surface area (Å²) in [5.41, 5.74) is 2.65. The van der Waals surface area contributed by atoms with Gasteiger partial charge in [0.15, 0.2) is 23.0 Å². The molecule has 46 heavy (non-hydrogen) atoms. The highest BCUT2D eigenvalue weighted by atomic mass is 16.7. The number of nitrogens with one attached hydrogen (secondary N) is 1. The number of benzene rings is 3. The summed E-state index contributed by atoms with van der Waals surface area (Å²) in [5, 5.41) is 11.9. The second kappa shape index (κ2) is 13.6. The maximum Gasteiger partial charge on any atom is 0.248 e. The van der Waals surface area contributed by atoms with Gasteiger partial charge in [-0.15, -0.1) is 5.10 Å². The Balaban J connectivity index is 1.47. The summed E-state index contributed by atoms with van der Waals surface area (Å²) in [6.45, 7) is 1.98. The molecule has 2 heterocycles. The number of rotatable bonds is 11. The van der Waals surface area contributed by atoms with Gasteiger partial charge < -0.3 is 33.9 Å². The minimum atomic E-state index is -1.06. The Labute approximate surface area is 267 Å². The van der Waals surface area contributed by atoms with E-state index in [1.807, 2.05) is 42.5 Å². The number of carbonyl (C=O) groups excluding carboxylic acids is 2. The van der Waals surface area contributed by atoms with Crippen molar-refractivity contribution in [3.63, 3.8) is 0 Å². The van der Waals surface area contributed by atoms with Gasteiger partial charge in [-0.25, -0.2) is 4.68 Å². The van der Waals surface area contributed by atoms with Crippen molar-refractivity contribution < 1.29 is 33.3 Å². The Morgan fingerprint density at radius 2 is 1.67 bits per heavy atom. The Morgan fingerprint density at radius 1 is 0.957 bits per heavy atom. The van der Waals surface area contributed by atoms with E-state index < -0.39 is 12.1 Å². The van der Waals surface area contributed by atoms with Crippen LogP contribution in [0.4, 0.5) is 0 Å². The topological polar surface area (TPSA) is 126 Å². The van der Waals surface area contributed by atoms with Gasteiger partial charge in [0, 0.05) is 12.6 Å². The molecule has 4 aromatic rings. The van der Waals surface area contributed by atoms with Crippen molar-refractivity contribution in [2.75, 3.05) is 28.1 Å². The van der Waals surface area contributed by atoms with E-state index in [9.17, 15) is 9.59 Å². The van der Waals surface area contributed by atoms with Gasteiger partial charge in [0.2, 0.25) is 24.4 Å². The summed E-state index contributed by atoms with van der Waals surface area (Å²) in [7, 11) is 4.56. The first-order valence-electron chi connectivity index (χ1n) is 15.5. The molecular weight excluding hydrogens is 590 g/mol. The lowest BCUT2D eigenvalue weighted by Gasteiger charge is -2.35. The SMILES string of the molecule is COc1cc([C@H](C(=O)NC2CCCCC2)N(Cc2ccc3c(c2)OCO3)C(=O)[C@@H](C)n2nnc3ccccc32)cc(OC)c1OC. The summed E-state index contributed by atoms with van der Waals surface area (Å²) in [5.74, 6) is 1.71. The quantitative estimate of drug-likeness (QED) is 0.245. The lowest BCUT2D eigenvalue weighted by molar-refractivity contribution is -0.144. The number of aromatic nitrogens is 3. The molecule has 0 bridgehead atoms. The zero-order valence-corrected chi connectivity index (χ0v) is 26.5. The molecule has 6 rings (SSSR count). The fourth-order valence-corrected chi connectivity index (χ4v) is 6.31. The van der Waals surface area contributed by atoms with Crippen molar-refractivity contribution in [1.29, 1.82) is 0 Å². The van der Waals surface area contributed by atoms with Gasteiger partial charge in [0.1, 0.15) is 17.6 Å². The van der Waals surface area contributed by atoms with Gasteiger partial charge in [-0.1, -0.05) is 42.7 Å². The second-order valence-corrected chi connectivity index (χ2v) is 11.6. The first kappa shape index (κ1) is 31.0. The fourth-order valence-electron chi connectivity index (χ4n) is 6.31. The van der Waals surface area contributed by atoms with E-state index in [0.29, 0.717) is 45.3 Å². The molecule has 12 nitrogen and oxygen atoms in total. The van der Waals surface area contributed by atoms with E-state index in [0.717, 1.165) is 37.7 Å². The third-order valence-electron chi connectivity index (χ3n) is 8.69. The normalized spacial score (nSPS) is 15.7. The van der Waals surface area contributed by atoms with Crippen LogP contribution in [0.3, 0.4) is 0 Å². The Kier molecular flexibility index (Phi) is 9.13. The highest BCUT2D eigenvalue weighted by Gasteiger charge is 2.37. The van der Waals surface area contributed by atoms with Crippen molar-refractivity contribution in [2.24, 2.45) is 0 Å². The molecule has 242 valence electrons. The van der Waals surface area contributed by atoms with Crippen LogP contribution >= 0.6 is 0 Å². The highest BCUT2D eigenvalue weighted by Crippen LogP contribution is 2.42. The van der Waals surface area contributed by atoms with Crippen molar-refractivity contribution in [3.05, 3.63) is 65.7 Å². The first-order valence-corrected chi connectivity index (χ1v) is 15.5. The number of nitrogens with zero attached hydrogens (tertiary/aromatic N) is 4. The van der Waals surface area contributed by atoms with Crippen LogP contribution < -0.4 is 29.0 Å². The van der Waals surface area contributed by atoms with Crippen LogP contribution in [0.15, 0.2) is 54.6 Å². The van der Waals surface area contributed by atoms with E-state index >= 15 is 0 Å². The molecule has 1 aromatic heterocycles. The number of carbonyl (C=O) groups is 2. The molecule has 3 aromatic carbocycles. The van der Waals surface area contributed by atoms with Gasteiger partial charge in [-0.2, -0.15) is 0 Å². The molecule has 0 radical (unpaired) electrons. The van der Waals surface area contributed by atoms with Gasteiger partial charge in [-0.05, 0) is 67.3 Å². The van der Waals surface area contributed by atoms with Crippen LogP contribution in [0.25, 0.3) is 11.0 Å². The molecule has 1 N–H and O–H groups in total. The zero-order valence-electron chi connectivity index (χ0n) is 26.5. The third kappa shape index (κ3) is 6.11. The van der Waals surface area contributed by atoms with E-state index in [1.54, 1.807) is 28.6 Å². The van der Waals surface area contributed by atoms with E-state index in [-0.39, 0.29) is 31.2 Å². The number of hydrogen-bond acceptors (Lipinski definition) is 9. The Bertz CT molecular complexity index is 1690. The molecule has 12 heteroatoms. The lowest BCUT2D eigenvalue weighted by atomic mass is 9.94. The molecule has 0 spiro atoms. The number of para-hydroxylation sites is 1. The maximum atomic E-state index is 14.8. The zero-order chi connectivity index (χ0) is 32.2. The highest BCUT2D eigenvalue weighted by molar-refractivity contribution is 5.91. The predicted molar refractivity (Wildman–Crippen MR) is 169 cm³/mol. The van der Waals surface area contributed by atoms with Gasteiger partial charge in [-0.3, -0.25) is 9.59 Å².